The average molecular weight is 394 g/mol. The van der Waals surface area contributed by atoms with Crippen molar-refractivity contribution < 1.29 is 14.3 Å². The van der Waals surface area contributed by atoms with Gasteiger partial charge in [0.15, 0.2) is 12.6 Å². The number of hydrogen-bond donors (Lipinski definition) is 1. The molecule has 2 aromatic carbocycles. The van der Waals surface area contributed by atoms with Crippen molar-refractivity contribution in [1.82, 2.24) is 20.2 Å². The predicted octanol–water partition coefficient (Wildman–Crippen LogP) is 1.70. The molecule has 9 nitrogen and oxygen atoms in total. The second-order valence-electron chi connectivity index (χ2n) is 6.59. The van der Waals surface area contributed by atoms with Crippen LogP contribution < -0.4 is 10.2 Å². The van der Waals surface area contributed by atoms with Crippen molar-refractivity contribution in [2.45, 2.75) is 12.5 Å². The third-order valence-corrected chi connectivity index (χ3v) is 4.24. The molecule has 1 atom stereocenters. The lowest BCUT2D eigenvalue weighted by Gasteiger charge is -2.16. The first-order chi connectivity index (χ1) is 14.0. The minimum absolute atomic E-state index is 0.346. The highest BCUT2D eigenvalue weighted by Gasteiger charge is 2.24. The van der Waals surface area contributed by atoms with Gasteiger partial charge in [0, 0.05) is 31.9 Å². The number of nitrogens with zero attached hydrogens (tertiary/aromatic N) is 5. The molecule has 0 spiro atoms. The Labute approximate surface area is 168 Å². The second kappa shape index (κ2) is 9.45. The summed E-state index contributed by atoms with van der Waals surface area (Å²) in [4.78, 5) is 26.7. The summed E-state index contributed by atoms with van der Waals surface area (Å²) in [6.45, 7) is -0.401. The van der Waals surface area contributed by atoms with Crippen molar-refractivity contribution in [2.75, 3.05) is 30.9 Å². The van der Waals surface area contributed by atoms with E-state index in [0.717, 1.165) is 11.3 Å². The van der Waals surface area contributed by atoms with E-state index in [0.29, 0.717) is 12.1 Å². The van der Waals surface area contributed by atoms with Crippen molar-refractivity contribution in [2.24, 2.45) is 0 Å². The number of rotatable bonds is 8. The van der Waals surface area contributed by atoms with Gasteiger partial charge in [-0.15, -0.1) is 5.10 Å². The maximum absolute atomic E-state index is 12.6. The van der Waals surface area contributed by atoms with Crippen molar-refractivity contribution in [3.8, 4) is 0 Å². The highest BCUT2D eigenvalue weighted by molar-refractivity contribution is 5.93. The molecule has 9 heteroatoms. The summed E-state index contributed by atoms with van der Waals surface area (Å²) < 4.78 is 6.55. The lowest BCUT2D eigenvalue weighted by atomic mass is 10.1. The molecule has 1 amide bonds. The molecule has 150 valence electrons. The maximum Gasteiger partial charge on any atom is 0.331 e. The fourth-order valence-electron chi connectivity index (χ4n) is 2.71. The number of amides is 1. The molecule has 0 aliphatic rings. The summed E-state index contributed by atoms with van der Waals surface area (Å²) in [5.41, 5.74) is 2.56. The third kappa shape index (κ3) is 5.61. The van der Waals surface area contributed by atoms with E-state index in [1.165, 1.54) is 11.0 Å². The largest absolute Gasteiger partial charge is 0.454 e. The molecule has 0 fully saturated rings. The van der Waals surface area contributed by atoms with Gasteiger partial charge in [0.25, 0.3) is 5.91 Å². The molecule has 0 saturated heterocycles. The van der Waals surface area contributed by atoms with E-state index < -0.39 is 24.5 Å². The quantitative estimate of drug-likeness (QED) is 0.580. The summed E-state index contributed by atoms with van der Waals surface area (Å²) in [6.07, 6.45) is 1.69. The van der Waals surface area contributed by atoms with Gasteiger partial charge in [0.2, 0.25) is 0 Å². The summed E-state index contributed by atoms with van der Waals surface area (Å²) in [5.74, 6) is -1.01. The molecular formula is C20H22N6O3. The Morgan fingerprint density at radius 1 is 1.10 bits per heavy atom. The molecule has 3 aromatic rings. The smallest absolute Gasteiger partial charge is 0.331 e. The topological polar surface area (TPSA) is 102 Å². The standard InChI is InChI=1S/C20H22N6O3/c1-25(2)17-10-8-16(9-11-17)22-19(27)13-29-20(28)18(26-14-21-23-24-26)12-15-6-4-3-5-7-15/h3-11,14,18H,12-13H2,1-2H3,(H,22,27)/t18-/m1/s1. The van der Waals surface area contributed by atoms with Gasteiger partial charge in [0.05, 0.1) is 0 Å². The Hall–Kier alpha value is -3.75. The van der Waals surface area contributed by atoms with Gasteiger partial charge < -0.3 is 15.0 Å². The van der Waals surface area contributed by atoms with E-state index in [1.807, 2.05) is 61.5 Å². The monoisotopic (exact) mass is 394 g/mol. The summed E-state index contributed by atoms with van der Waals surface area (Å²) in [6, 6.07) is 16.0. The number of aromatic nitrogens is 4. The average Bonchev–Trinajstić information content (AvgIpc) is 3.26. The number of carbonyl (C=O) groups is 2. The fraction of sp³-hybridized carbons (Fsp3) is 0.250. The molecule has 3 rings (SSSR count). The predicted molar refractivity (Wildman–Crippen MR) is 107 cm³/mol. The number of carbonyl (C=O) groups excluding carboxylic acids is 2. The zero-order chi connectivity index (χ0) is 20.6. The Bertz CT molecular complexity index is 927. The number of esters is 1. The second-order valence-corrected chi connectivity index (χ2v) is 6.59. The Morgan fingerprint density at radius 3 is 2.45 bits per heavy atom. The van der Waals surface area contributed by atoms with Crippen LogP contribution in [0.15, 0.2) is 60.9 Å². The molecular weight excluding hydrogens is 372 g/mol. The molecule has 1 N–H and O–H groups in total. The van der Waals surface area contributed by atoms with Crippen molar-refractivity contribution in [1.29, 1.82) is 0 Å². The van der Waals surface area contributed by atoms with Crippen molar-refractivity contribution >= 4 is 23.3 Å². The van der Waals surface area contributed by atoms with Crippen LogP contribution in [0.2, 0.25) is 0 Å². The van der Waals surface area contributed by atoms with E-state index in [9.17, 15) is 9.59 Å². The lowest BCUT2D eigenvalue weighted by Crippen LogP contribution is -2.28. The fourth-order valence-corrected chi connectivity index (χ4v) is 2.71. The molecule has 0 aliphatic carbocycles. The first-order valence-electron chi connectivity index (χ1n) is 9.03. The molecule has 0 radical (unpaired) electrons. The van der Waals surface area contributed by atoms with E-state index in [-0.39, 0.29) is 0 Å². The Kier molecular flexibility index (Phi) is 6.51. The number of ether oxygens (including phenoxy) is 1. The molecule has 1 aromatic heterocycles. The van der Waals surface area contributed by atoms with Crippen molar-refractivity contribution in [3.63, 3.8) is 0 Å². The van der Waals surface area contributed by atoms with Gasteiger partial charge in [-0.25, -0.2) is 9.48 Å². The lowest BCUT2D eigenvalue weighted by molar-refractivity contribution is -0.151. The van der Waals surface area contributed by atoms with Crippen LogP contribution in [0.25, 0.3) is 0 Å². The number of tetrazole rings is 1. The molecule has 0 bridgehead atoms. The van der Waals surface area contributed by atoms with Crippen LogP contribution in [0.1, 0.15) is 11.6 Å². The first-order valence-corrected chi connectivity index (χ1v) is 9.03. The minimum Gasteiger partial charge on any atom is -0.454 e. The van der Waals surface area contributed by atoms with Crippen molar-refractivity contribution in [3.05, 3.63) is 66.5 Å². The van der Waals surface area contributed by atoms with E-state index in [4.69, 9.17) is 4.74 Å². The Balaban J connectivity index is 1.58. The molecule has 1 heterocycles. The van der Waals surface area contributed by atoms with Crippen LogP contribution in [0.4, 0.5) is 11.4 Å². The van der Waals surface area contributed by atoms with Gasteiger partial charge in [-0.3, -0.25) is 4.79 Å². The highest BCUT2D eigenvalue weighted by atomic mass is 16.5. The third-order valence-electron chi connectivity index (χ3n) is 4.24. The van der Waals surface area contributed by atoms with E-state index in [2.05, 4.69) is 20.8 Å². The molecule has 0 aliphatic heterocycles. The molecule has 0 saturated carbocycles. The van der Waals surface area contributed by atoms with Gasteiger partial charge >= 0.3 is 5.97 Å². The van der Waals surface area contributed by atoms with Gasteiger partial charge in [-0.1, -0.05) is 30.3 Å². The van der Waals surface area contributed by atoms with Gasteiger partial charge in [-0.2, -0.15) is 0 Å². The normalized spacial score (nSPS) is 11.5. The first kappa shape index (κ1) is 20.0. The summed E-state index contributed by atoms with van der Waals surface area (Å²) >= 11 is 0. The highest BCUT2D eigenvalue weighted by Crippen LogP contribution is 2.17. The number of nitrogens with one attached hydrogen (secondary N) is 1. The van der Waals surface area contributed by atoms with E-state index in [1.54, 1.807) is 12.1 Å². The summed E-state index contributed by atoms with van der Waals surface area (Å²) in [7, 11) is 3.87. The van der Waals surface area contributed by atoms with Crippen LogP contribution in [-0.4, -0.2) is 52.8 Å². The zero-order valence-electron chi connectivity index (χ0n) is 16.2. The number of benzene rings is 2. The summed E-state index contributed by atoms with van der Waals surface area (Å²) in [5, 5.41) is 13.7. The van der Waals surface area contributed by atoms with Crippen LogP contribution in [-0.2, 0) is 20.7 Å². The van der Waals surface area contributed by atoms with Crippen LogP contribution in [0.5, 0.6) is 0 Å². The Morgan fingerprint density at radius 2 is 1.83 bits per heavy atom. The van der Waals surface area contributed by atoms with Crippen LogP contribution in [0.3, 0.4) is 0 Å². The van der Waals surface area contributed by atoms with Crippen LogP contribution >= 0.6 is 0 Å². The van der Waals surface area contributed by atoms with Gasteiger partial charge in [-0.05, 0) is 40.3 Å². The molecule has 0 unspecified atom stereocenters. The number of hydrogen-bond acceptors (Lipinski definition) is 7. The van der Waals surface area contributed by atoms with E-state index >= 15 is 0 Å². The minimum atomic E-state index is -0.764. The van der Waals surface area contributed by atoms with Crippen LogP contribution in [0, 0.1) is 0 Å². The zero-order valence-corrected chi connectivity index (χ0v) is 16.2. The molecule has 29 heavy (non-hydrogen) atoms. The maximum atomic E-state index is 12.6. The number of anilines is 2. The SMILES string of the molecule is CN(C)c1ccc(NC(=O)COC(=O)[C@@H](Cc2ccccc2)n2cnnn2)cc1. The van der Waals surface area contributed by atoms with Gasteiger partial charge in [0.1, 0.15) is 6.33 Å².